The number of halogens is 1. The van der Waals surface area contributed by atoms with Crippen molar-refractivity contribution in [2.24, 2.45) is 0 Å². The van der Waals surface area contributed by atoms with Gasteiger partial charge < -0.3 is 5.32 Å². The van der Waals surface area contributed by atoms with Crippen LogP contribution in [-0.4, -0.2) is 19.8 Å². The number of aryl methyl sites for hydroxylation is 1. The van der Waals surface area contributed by atoms with E-state index in [1.807, 2.05) is 37.3 Å². The van der Waals surface area contributed by atoms with Gasteiger partial charge in [0, 0.05) is 21.8 Å². The van der Waals surface area contributed by atoms with Gasteiger partial charge in [-0.05, 0) is 24.6 Å². The van der Waals surface area contributed by atoms with E-state index in [1.165, 1.54) is 5.56 Å². The molecule has 0 aliphatic heterocycles. The Morgan fingerprint density at radius 1 is 1.04 bits per heavy atom. The normalized spacial score (nSPS) is 11.2. The van der Waals surface area contributed by atoms with Crippen molar-refractivity contribution in [3.63, 3.8) is 0 Å². The minimum atomic E-state index is 0.698. The Morgan fingerprint density at radius 3 is 2.70 bits per heavy atom. The van der Waals surface area contributed by atoms with Crippen LogP contribution in [0.1, 0.15) is 11.4 Å². The molecule has 0 unspecified atom stereocenters. The third-order valence-corrected chi connectivity index (χ3v) is 4.26. The average Bonchev–Trinajstić information content (AvgIpc) is 2.94. The van der Waals surface area contributed by atoms with Crippen LogP contribution in [0.2, 0.25) is 0 Å². The smallest absolute Gasteiger partial charge is 0.185 e. The van der Waals surface area contributed by atoms with Crippen molar-refractivity contribution in [3.05, 3.63) is 64.4 Å². The first kappa shape index (κ1) is 14.1. The molecule has 2 aromatic heterocycles. The molecule has 2 heterocycles. The molecule has 0 saturated carbocycles. The monoisotopic (exact) mass is 367 g/mol. The Labute approximate surface area is 141 Å². The highest BCUT2D eigenvalue weighted by atomic mass is 79.9. The molecule has 0 bridgehead atoms. The van der Waals surface area contributed by atoms with Crippen LogP contribution < -0.4 is 5.32 Å². The Kier molecular flexibility index (Phi) is 3.46. The van der Waals surface area contributed by atoms with E-state index < -0.39 is 0 Å². The Bertz CT molecular complexity index is 1010. The van der Waals surface area contributed by atoms with Crippen LogP contribution in [0.25, 0.3) is 16.4 Å². The first-order chi connectivity index (χ1) is 11.2. The lowest BCUT2D eigenvalue weighted by Crippen LogP contribution is -2.06. The average molecular weight is 368 g/mol. The number of anilines is 1. The largest absolute Gasteiger partial charge is 0.364 e. The molecule has 4 aromatic rings. The van der Waals surface area contributed by atoms with E-state index in [-0.39, 0.29) is 0 Å². The number of benzene rings is 2. The standard InChI is InChI=1S/C17H14BrN5/c1-11-20-21-17-15-8-3-2-7-14(15)16(22-23(11)17)19-10-12-5-4-6-13(18)9-12/h2-9H,10H2,1H3,(H,19,22). The molecule has 0 spiro atoms. The number of fused-ring (bicyclic) bond motifs is 3. The molecule has 6 heteroatoms. The molecule has 5 nitrogen and oxygen atoms in total. The Balaban J connectivity index is 1.80. The van der Waals surface area contributed by atoms with Crippen LogP contribution in [0.4, 0.5) is 5.82 Å². The van der Waals surface area contributed by atoms with E-state index >= 15 is 0 Å². The van der Waals surface area contributed by atoms with Crippen molar-refractivity contribution in [2.45, 2.75) is 13.5 Å². The molecule has 0 radical (unpaired) electrons. The maximum absolute atomic E-state index is 4.67. The zero-order chi connectivity index (χ0) is 15.8. The van der Waals surface area contributed by atoms with Gasteiger partial charge in [-0.1, -0.05) is 52.3 Å². The predicted octanol–water partition coefficient (Wildman–Crippen LogP) is 3.96. The van der Waals surface area contributed by atoms with Crippen molar-refractivity contribution in [3.8, 4) is 0 Å². The van der Waals surface area contributed by atoms with Gasteiger partial charge in [0.2, 0.25) is 0 Å². The number of hydrogen-bond donors (Lipinski definition) is 1. The summed E-state index contributed by atoms with van der Waals surface area (Å²) in [6.45, 7) is 2.60. The molecular weight excluding hydrogens is 354 g/mol. The van der Waals surface area contributed by atoms with Crippen molar-refractivity contribution in [1.82, 2.24) is 19.8 Å². The quantitative estimate of drug-likeness (QED) is 0.595. The summed E-state index contributed by atoms with van der Waals surface area (Å²) in [6.07, 6.45) is 0. The Hall–Kier alpha value is -2.47. The summed E-state index contributed by atoms with van der Waals surface area (Å²) in [5.74, 6) is 1.60. The summed E-state index contributed by atoms with van der Waals surface area (Å²) in [5.41, 5.74) is 1.97. The van der Waals surface area contributed by atoms with Gasteiger partial charge in [0.15, 0.2) is 17.3 Å². The third-order valence-electron chi connectivity index (χ3n) is 3.77. The molecule has 0 aliphatic carbocycles. The number of hydrogen-bond acceptors (Lipinski definition) is 4. The van der Waals surface area contributed by atoms with Gasteiger partial charge in [-0.15, -0.1) is 15.3 Å². The first-order valence-corrected chi connectivity index (χ1v) is 8.11. The van der Waals surface area contributed by atoms with Crippen LogP contribution >= 0.6 is 15.9 Å². The summed E-state index contributed by atoms with van der Waals surface area (Å²) < 4.78 is 2.85. The summed E-state index contributed by atoms with van der Waals surface area (Å²) in [4.78, 5) is 0. The molecule has 0 saturated heterocycles. The fourth-order valence-electron chi connectivity index (χ4n) is 2.65. The first-order valence-electron chi connectivity index (χ1n) is 7.31. The third kappa shape index (κ3) is 2.55. The van der Waals surface area contributed by atoms with Crippen molar-refractivity contribution >= 4 is 38.2 Å². The van der Waals surface area contributed by atoms with Crippen molar-refractivity contribution in [2.75, 3.05) is 5.32 Å². The maximum Gasteiger partial charge on any atom is 0.185 e. The minimum absolute atomic E-state index is 0.698. The van der Waals surface area contributed by atoms with E-state index in [2.05, 4.69) is 54.7 Å². The SMILES string of the molecule is Cc1nnc2c3ccccc3c(NCc3cccc(Br)c3)nn12. The number of aromatic nitrogens is 4. The van der Waals surface area contributed by atoms with Gasteiger partial charge in [0.05, 0.1) is 0 Å². The summed E-state index contributed by atoms with van der Waals surface area (Å²) in [5, 5.41) is 18.6. The molecule has 0 fully saturated rings. The second-order valence-electron chi connectivity index (χ2n) is 5.36. The molecule has 23 heavy (non-hydrogen) atoms. The zero-order valence-corrected chi connectivity index (χ0v) is 14.1. The lowest BCUT2D eigenvalue weighted by atomic mass is 10.1. The molecule has 1 N–H and O–H groups in total. The van der Waals surface area contributed by atoms with Crippen molar-refractivity contribution < 1.29 is 0 Å². The molecule has 2 aromatic carbocycles. The lowest BCUT2D eigenvalue weighted by Gasteiger charge is -2.10. The van der Waals surface area contributed by atoms with Crippen LogP contribution in [0.15, 0.2) is 53.0 Å². The second-order valence-corrected chi connectivity index (χ2v) is 6.28. The summed E-state index contributed by atoms with van der Waals surface area (Å²) in [7, 11) is 0. The molecule has 0 atom stereocenters. The highest BCUT2D eigenvalue weighted by molar-refractivity contribution is 9.10. The van der Waals surface area contributed by atoms with Gasteiger partial charge >= 0.3 is 0 Å². The van der Waals surface area contributed by atoms with Crippen LogP contribution in [0.3, 0.4) is 0 Å². The van der Waals surface area contributed by atoms with Crippen LogP contribution in [0, 0.1) is 6.92 Å². The maximum atomic E-state index is 4.67. The van der Waals surface area contributed by atoms with Gasteiger partial charge in [-0.3, -0.25) is 0 Å². The fourth-order valence-corrected chi connectivity index (χ4v) is 3.09. The predicted molar refractivity (Wildman–Crippen MR) is 94.5 cm³/mol. The number of rotatable bonds is 3. The van der Waals surface area contributed by atoms with E-state index in [9.17, 15) is 0 Å². The molecule has 114 valence electrons. The van der Waals surface area contributed by atoms with E-state index in [4.69, 9.17) is 0 Å². The molecule has 4 rings (SSSR count). The number of nitrogens with zero attached hydrogens (tertiary/aromatic N) is 4. The topological polar surface area (TPSA) is 55.1 Å². The van der Waals surface area contributed by atoms with E-state index in [1.54, 1.807) is 4.52 Å². The highest BCUT2D eigenvalue weighted by Gasteiger charge is 2.11. The van der Waals surface area contributed by atoms with Gasteiger partial charge in [0.1, 0.15) is 0 Å². The van der Waals surface area contributed by atoms with Gasteiger partial charge in [-0.25, -0.2) is 0 Å². The molecule has 0 aliphatic rings. The summed E-state index contributed by atoms with van der Waals surface area (Å²) in [6, 6.07) is 16.3. The fraction of sp³-hybridized carbons (Fsp3) is 0.118. The second kappa shape index (κ2) is 5.62. The summed E-state index contributed by atoms with van der Waals surface area (Å²) >= 11 is 3.50. The Morgan fingerprint density at radius 2 is 1.87 bits per heavy atom. The van der Waals surface area contributed by atoms with E-state index in [0.717, 1.165) is 32.5 Å². The minimum Gasteiger partial charge on any atom is -0.364 e. The van der Waals surface area contributed by atoms with E-state index in [0.29, 0.717) is 6.54 Å². The number of nitrogens with one attached hydrogen (secondary N) is 1. The molecule has 0 amide bonds. The highest BCUT2D eigenvalue weighted by Crippen LogP contribution is 2.25. The molecular formula is C17H14BrN5. The van der Waals surface area contributed by atoms with Gasteiger partial charge in [0.25, 0.3) is 0 Å². The zero-order valence-electron chi connectivity index (χ0n) is 12.5. The van der Waals surface area contributed by atoms with Gasteiger partial charge in [-0.2, -0.15) is 4.52 Å². The van der Waals surface area contributed by atoms with Crippen LogP contribution in [-0.2, 0) is 6.54 Å². The van der Waals surface area contributed by atoms with Crippen molar-refractivity contribution in [1.29, 1.82) is 0 Å². The van der Waals surface area contributed by atoms with Crippen LogP contribution in [0.5, 0.6) is 0 Å². The lowest BCUT2D eigenvalue weighted by molar-refractivity contribution is 0.878.